The van der Waals surface area contributed by atoms with Crippen molar-refractivity contribution in [3.63, 3.8) is 0 Å². The Hall–Kier alpha value is -1.27. The summed E-state index contributed by atoms with van der Waals surface area (Å²) in [7, 11) is 0. The third kappa shape index (κ3) is 1.76. The summed E-state index contributed by atoms with van der Waals surface area (Å²) < 4.78 is 2.24. The SMILES string of the molecule is CCC1NCCn2c(-c3sc(C)nc3C)nnc21. The average molecular weight is 263 g/mol. The Kier molecular flexibility index (Phi) is 2.91. The Morgan fingerprint density at radius 3 is 2.89 bits per heavy atom. The van der Waals surface area contributed by atoms with Crippen LogP contribution in [0, 0.1) is 13.8 Å². The van der Waals surface area contributed by atoms with E-state index >= 15 is 0 Å². The molecule has 1 atom stereocenters. The van der Waals surface area contributed by atoms with E-state index in [4.69, 9.17) is 0 Å². The lowest BCUT2D eigenvalue weighted by molar-refractivity contribution is 0.407. The molecule has 0 bridgehead atoms. The Morgan fingerprint density at radius 2 is 2.22 bits per heavy atom. The highest BCUT2D eigenvalue weighted by Gasteiger charge is 2.25. The van der Waals surface area contributed by atoms with Crippen molar-refractivity contribution >= 4 is 11.3 Å². The molecular weight excluding hydrogens is 246 g/mol. The fourth-order valence-corrected chi connectivity index (χ4v) is 3.38. The van der Waals surface area contributed by atoms with Gasteiger partial charge in [0.25, 0.3) is 0 Å². The van der Waals surface area contributed by atoms with Gasteiger partial charge in [-0.25, -0.2) is 4.98 Å². The van der Waals surface area contributed by atoms with Crippen LogP contribution in [0.1, 0.15) is 35.9 Å². The van der Waals surface area contributed by atoms with Crippen molar-refractivity contribution in [2.75, 3.05) is 6.54 Å². The zero-order valence-corrected chi connectivity index (χ0v) is 11.7. The molecule has 3 heterocycles. The molecule has 0 amide bonds. The Labute approximate surface area is 110 Å². The van der Waals surface area contributed by atoms with Crippen molar-refractivity contribution in [3.05, 3.63) is 16.5 Å². The molecule has 1 aliphatic heterocycles. The maximum Gasteiger partial charge on any atom is 0.176 e. The van der Waals surface area contributed by atoms with E-state index in [2.05, 4.69) is 32.0 Å². The van der Waals surface area contributed by atoms with Crippen molar-refractivity contribution in [2.45, 2.75) is 39.8 Å². The molecule has 0 aromatic carbocycles. The number of aryl methyl sites for hydroxylation is 2. The summed E-state index contributed by atoms with van der Waals surface area (Å²) in [5, 5.41) is 13.3. The summed E-state index contributed by atoms with van der Waals surface area (Å²) >= 11 is 1.70. The smallest absolute Gasteiger partial charge is 0.176 e. The fourth-order valence-electron chi connectivity index (χ4n) is 2.47. The van der Waals surface area contributed by atoms with Crippen LogP contribution in [-0.4, -0.2) is 26.3 Å². The van der Waals surface area contributed by atoms with Crippen LogP contribution in [0.3, 0.4) is 0 Å². The average Bonchev–Trinajstić information content (AvgIpc) is 2.91. The highest BCUT2D eigenvalue weighted by molar-refractivity contribution is 7.15. The van der Waals surface area contributed by atoms with Crippen LogP contribution in [-0.2, 0) is 6.54 Å². The zero-order valence-electron chi connectivity index (χ0n) is 10.9. The van der Waals surface area contributed by atoms with Gasteiger partial charge >= 0.3 is 0 Å². The molecule has 1 aliphatic rings. The van der Waals surface area contributed by atoms with Crippen LogP contribution in [0.25, 0.3) is 10.7 Å². The molecule has 5 nitrogen and oxygen atoms in total. The lowest BCUT2D eigenvalue weighted by Gasteiger charge is -2.23. The van der Waals surface area contributed by atoms with Gasteiger partial charge in [-0.2, -0.15) is 0 Å². The van der Waals surface area contributed by atoms with E-state index in [9.17, 15) is 0 Å². The molecule has 18 heavy (non-hydrogen) atoms. The third-order valence-electron chi connectivity index (χ3n) is 3.33. The van der Waals surface area contributed by atoms with E-state index in [1.165, 1.54) is 0 Å². The number of aromatic nitrogens is 4. The van der Waals surface area contributed by atoms with E-state index in [0.717, 1.165) is 46.7 Å². The highest BCUT2D eigenvalue weighted by Crippen LogP contribution is 2.31. The van der Waals surface area contributed by atoms with Crippen LogP contribution in [0.2, 0.25) is 0 Å². The predicted molar refractivity (Wildman–Crippen MR) is 71.6 cm³/mol. The number of nitrogens with one attached hydrogen (secondary N) is 1. The first kappa shape index (κ1) is 11.8. The summed E-state index contributed by atoms with van der Waals surface area (Å²) in [5.74, 6) is 2.04. The zero-order chi connectivity index (χ0) is 12.7. The van der Waals surface area contributed by atoms with Gasteiger partial charge in [0.2, 0.25) is 0 Å². The monoisotopic (exact) mass is 263 g/mol. The van der Waals surface area contributed by atoms with Gasteiger partial charge in [0.1, 0.15) is 0 Å². The van der Waals surface area contributed by atoms with Gasteiger partial charge in [-0.3, -0.25) is 0 Å². The van der Waals surface area contributed by atoms with E-state index in [1.54, 1.807) is 11.3 Å². The van der Waals surface area contributed by atoms with Crippen molar-refractivity contribution in [2.24, 2.45) is 0 Å². The van der Waals surface area contributed by atoms with Crippen LogP contribution < -0.4 is 5.32 Å². The van der Waals surface area contributed by atoms with Crippen LogP contribution in [0.5, 0.6) is 0 Å². The number of thiazole rings is 1. The molecule has 0 saturated carbocycles. The molecular formula is C12H17N5S. The van der Waals surface area contributed by atoms with Gasteiger partial charge in [-0.1, -0.05) is 6.92 Å². The summed E-state index contributed by atoms with van der Waals surface area (Å²) in [6, 6.07) is 0.328. The molecule has 0 fully saturated rings. The van der Waals surface area contributed by atoms with Gasteiger partial charge in [0, 0.05) is 13.1 Å². The summed E-state index contributed by atoms with van der Waals surface area (Å²) in [5.41, 5.74) is 1.05. The third-order valence-corrected chi connectivity index (χ3v) is 4.40. The van der Waals surface area contributed by atoms with Gasteiger partial charge in [-0.05, 0) is 20.3 Å². The quantitative estimate of drug-likeness (QED) is 0.901. The van der Waals surface area contributed by atoms with Gasteiger partial charge in [0.05, 0.1) is 21.6 Å². The minimum absolute atomic E-state index is 0.328. The molecule has 1 N–H and O–H groups in total. The van der Waals surface area contributed by atoms with Gasteiger partial charge < -0.3 is 9.88 Å². The normalized spacial score (nSPS) is 18.9. The fraction of sp³-hybridized carbons (Fsp3) is 0.583. The van der Waals surface area contributed by atoms with Crippen LogP contribution in [0.15, 0.2) is 0 Å². The van der Waals surface area contributed by atoms with Crippen molar-refractivity contribution in [3.8, 4) is 10.7 Å². The topological polar surface area (TPSA) is 55.6 Å². The molecule has 1 unspecified atom stereocenters. The maximum atomic E-state index is 4.48. The second-order valence-corrected chi connectivity index (χ2v) is 5.80. The number of fused-ring (bicyclic) bond motifs is 1. The van der Waals surface area contributed by atoms with Gasteiger partial charge in [0.15, 0.2) is 11.6 Å². The molecule has 96 valence electrons. The first-order valence-corrected chi connectivity index (χ1v) is 7.13. The van der Waals surface area contributed by atoms with Gasteiger partial charge in [-0.15, -0.1) is 21.5 Å². The number of nitrogens with zero attached hydrogens (tertiary/aromatic N) is 4. The summed E-state index contributed by atoms with van der Waals surface area (Å²) in [4.78, 5) is 5.63. The Morgan fingerprint density at radius 1 is 1.39 bits per heavy atom. The Bertz CT molecular complexity index is 571. The predicted octanol–water partition coefficient (Wildman–Crippen LogP) is 2.07. The minimum atomic E-state index is 0.328. The van der Waals surface area contributed by atoms with Crippen molar-refractivity contribution in [1.29, 1.82) is 0 Å². The first-order chi connectivity index (χ1) is 8.70. The molecule has 0 spiro atoms. The molecule has 2 aromatic rings. The number of hydrogen-bond acceptors (Lipinski definition) is 5. The first-order valence-electron chi connectivity index (χ1n) is 6.31. The standard InChI is InChI=1S/C12H17N5S/c1-4-9-11-15-16-12(17(11)6-5-13-9)10-7(2)14-8(3)18-10/h9,13H,4-6H2,1-3H3. The summed E-state index contributed by atoms with van der Waals surface area (Å²) in [6.45, 7) is 8.16. The summed E-state index contributed by atoms with van der Waals surface area (Å²) in [6.07, 6.45) is 1.04. The lowest BCUT2D eigenvalue weighted by atomic mass is 10.2. The van der Waals surface area contributed by atoms with Crippen LogP contribution in [0.4, 0.5) is 0 Å². The number of hydrogen-bond donors (Lipinski definition) is 1. The molecule has 0 aliphatic carbocycles. The van der Waals surface area contributed by atoms with Crippen molar-refractivity contribution < 1.29 is 0 Å². The minimum Gasteiger partial charge on any atom is -0.308 e. The highest BCUT2D eigenvalue weighted by atomic mass is 32.1. The van der Waals surface area contributed by atoms with E-state index in [1.807, 2.05) is 13.8 Å². The molecule has 3 rings (SSSR count). The molecule has 0 radical (unpaired) electrons. The van der Waals surface area contributed by atoms with E-state index in [-0.39, 0.29) is 0 Å². The Balaban J connectivity index is 2.09. The van der Waals surface area contributed by atoms with Crippen molar-refractivity contribution in [1.82, 2.24) is 25.1 Å². The molecule has 0 saturated heterocycles. The van der Waals surface area contributed by atoms with Crippen LogP contribution >= 0.6 is 11.3 Å². The molecule has 2 aromatic heterocycles. The second kappa shape index (κ2) is 4.44. The lowest BCUT2D eigenvalue weighted by Crippen LogP contribution is -2.33. The molecule has 6 heteroatoms. The second-order valence-electron chi connectivity index (χ2n) is 4.60. The largest absolute Gasteiger partial charge is 0.308 e. The van der Waals surface area contributed by atoms with E-state index in [0.29, 0.717) is 6.04 Å². The maximum absolute atomic E-state index is 4.48. The van der Waals surface area contributed by atoms with E-state index < -0.39 is 0 Å². The number of rotatable bonds is 2.